The summed E-state index contributed by atoms with van der Waals surface area (Å²) in [7, 11) is -3.59. The summed E-state index contributed by atoms with van der Waals surface area (Å²) in [5.41, 5.74) is 4.64. The zero-order valence-electron chi connectivity index (χ0n) is 17.1. The summed E-state index contributed by atoms with van der Waals surface area (Å²) in [6.45, 7) is 8.11. The molecule has 7 heteroatoms. The third kappa shape index (κ3) is 5.73. The first-order chi connectivity index (χ1) is 13.1. The molecule has 0 heterocycles. The van der Waals surface area contributed by atoms with Crippen LogP contribution in [0.3, 0.4) is 0 Å². The van der Waals surface area contributed by atoms with Crippen molar-refractivity contribution in [2.75, 3.05) is 30.3 Å². The average Bonchev–Trinajstić information content (AvgIpc) is 2.61. The second-order valence-corrected chi connectivity index (χ2v) is 8.84. The first kappa shape index (κ1) is 21.8. The Labute approximate surface area is 167 Å². The van der Waals surface area contributed by atoms with E-state index < -0.39 is 10.0 Å². The Kier molecular flexibility index (Phi) is 7.07. The lowest BCUT2D eigenvalue weighted by Gasteiger charge is -2.24. The Balaban J connectivity index is 1.95. The molecule has 0 atom stereocenters. The average molecular weight is 405 g/mol. The molecule has 0 aliphatic heterocycles. The molecule has 152 valence electrons. The summed E-state index contributed by atoms with van der Waals surface area (Å²) < 4.78 is 31.2. The topological polar surface area (TPSA) is 75.7 Å². The van der Waals surface area contributed by atoms with Crippen molar-refractivity contribution in [3.8, 4) is 5.75 Å². The zero-order valence-corrected chi connectivity index (χ0v) is 17.9. The standard InChI is InChI=1S/C21H28N2O4S/c1-15-9-10-19(13-17(15)3)27-12-11-22-21(24)14-23(28(5,25)26)20-8-6-7-16(2)18(20)4/h6-10,13H,11-12,14H2,1-5H3,(H,22,24). The number of aryl methyl sites for hydroxylation is 3. The number of anilines is 1. The van der Waals surface area contributed by atoms with E-state index in [4.69, 9.17) is 4.74 Å². The SMILES string of the molecule is Cc1ccc(OCCNC(=O)CN(c2cccc(C)c2C)S(C)(=O)=O)cc1C. The van der Waals surface area contributed by atoms with Crippen LogP contribution in [0.2, 0.25) is 0 Å². The molecule has 2 aromatic carbocycles. The lowest BCUT2D eigenvalue weighted by atomic mass is 10.1. The van der Waals surface area contributed by atoms with Crippen LogP contribution in [0.5, 0.6) is 5.75 Å². The molecule has 2 rings (SSSR count). The number of rotatable bonds is 8. The van der Waals surface area contributed by atoms with E-state index in [9.17, 15) is 13.2 Å². The van der Waals surface area contributed by atoms with Crippen molar-refractivity contribution in [2.24, 2.45) is 0 Å². The molecule has 0 fully saturated rings. The molecule has 2 aromatic rings. The van der Waals surface area contributed by atoms with Crippen molar-refractivity contribution in [1.29, 1.82) is 0 Å². The number of hydrogen-bond donors (Lipinski definition) is 1. The van der Waals surface area contributed by atoms with Gasteiger partial charge < -0.3 is 10.1 Å². The molecule has 0 spiro atoms. The van der Waals surface area contributed by atoms with E-state index in [0.29, 0.717) is 12.3 Å². The van der Waals surface area contributed by atoms with Crippen LogP contribution in [0, 0.1) is 27.7 Å². The van der Waals surface area contributed by atoms with E-state index in [1.54, 1.807) is 12.1 Å². The van der Waals surface area contributed by atoms with Gasteiger partial charge in [-0.25, -0.2) is 8.42 Å². The minimum absolute atomic E-state index is 0.271. The van der Waals surface area contributed by atoms with Gasteiger partial charge in [-0.15, -0.1) is 0 Å². The highest BCUT2D eigenvalue weighted by Crippen LogP contribution is 2.24. The van der Waals surface area contributed by atoms with E-state index in [-0.39, 0.29) is 19.0 Å². The van der Waals surface area contributed by atoms with Gasteiger partial charge in [0.25, 0.3) is 0 Å². The highest BCUT2D eigenvalue weighted by atomic mass is 32.2. The molecule has 1 amide bonds. The van der Waals surface area contributed by atoms with Crippen LogP contribution in [0.25, 0.3) is 0 Å². The second-order valence-electron chi connectivity index (χ2n) is 6.93. The van der Waals surface area contributed by atoms with Crippen LogP contribution in [0.15, 0.2) is 36.4 Å². The van der Waals surface area contributed by atoms with Crippen molar-refractivity contribution >= 4 is 21.6 Å². The van der Waals surface area contributed by atoms with E-state index in [2.05, 4.69) is 5.32 Å². The van der Waals surface area contributed by atoms with Crippen LogP contribution in [0.4, 0.5) is 5.69 Å². The molecule has 0 aliphatic rings. The molecular formula is C21H28N2O4S. The van der Waals surface area contributed by atoms with Gasteiger partial charge in [0.15, 0.2) is 0 Å². The highest BCUT2D eigenvalue weighted by molar-refractivity contribution is 7.92. The number of carbonyl (C=O) groups excluding carboxylic acids is 1. The number of carbonyl (C=O) groups is 1. The lowest BCUT2D eigenvalue weighted by Crippen LogP contribution is -2.41. The quantitative estimate of drug-likeness (QED) is 0.687. The van der Waals surface area contributed by atoms with Gasteiger partial charge in [0, 0.05) is 0 Å². The minimum atomic E-state index is -3.59. The largest absolute Gasteiger partial charge is 0.492 e. The van der Waals surface area contributed by atoms with E-state index >= 15 is 0 Å². The summed E-state index contributed by atoms with van der Waals surface area (Å²) >= 11 is 0. The van der Waals surface area contributed by atoms with Gasteiger partial charge in [0.1, 0.15) is 18.9 Å². The number of amides is 1. The second kappa shape index (κ2) is 9.10. The molecular weight excluding hydrogens is 376 g/mol. The van der Waals surface area contributed by atoms with Crippen molar-refractivity contribution < 1.29 is 17.9 Å². The molecule has 0 bridgehead atoms. The Morgan fingerprint density at radius 2 is 1.75 bits per heavy atom. The van der Waals surface area contributed by atoms with Crippen molar-refractivity contribution in [1.82, 2.24) is 5.32 Å². The maximum Gasteiger partial charge on any atom is 0.240 e. The maximum atomic E-state index is 12.3. The zero-order chi connectivity index (χ0) is 20.9. The summed E-state index contributed by atoms with van der Waals surface area (Å²) in [5, 5.41) is 2.72. The monoisotopic (exact) mass is 404 g/mol. The fourth-order valence-electron chi connectivity index (χ4n) is 2.74. The summed E-state index contributed by atoms with van der Waals surface area (Å²) in [5.74, 6) is 0.362. The van der Waals surface area contributed by atoms with E-state index in [1.165, 1.54) is 5.56 Å². The predicted molar refractivity (Wildman–Crippen MR) is 113 cm³/mol. The van der Waals surface area contributed by atoms with Gasteiger partial charge in [0.05, 0.1) is 18.5 Å². The van der Waals surface area contributed by atoms with Crippen molar-refractivity contribution in [3.05, 3.63) is 58.7 Å². The van der Waals surface area contributed by atoms with Gasteiger partial charge in [-0.05, 0) is 68.1 Å². The molecule has 0 saturated heterocycles. The van der Waals surface area contributed by atoms with Gasteiger partial charge in [-0.3, -0.25) is 9.10 Å². The molecule has 0 aromatic heterocycles. The third-order valence-electron chi connectivity index (χ3n) is 4.70. The van der Waals surface area contributed by atoms with Gasteiger partial charge in [-0.2, -0.15) is 0 Å². The number of sulfonamides is 1. The van der Waals surface area contributed by atoms with Crippen LogP contribution in [0.1, 0.15) is 22.3 Å². The molecule has 0 unspecified atom stereocenters. The van der Waals surface area contributed by atoms with Crippen LogP contribution < -0.4 is 14.4 Å². The number of ether oxygens (including phenoxy) is 1. The van der Waals surface area contributed by atoms with Crippen molar-refractivity contribution in [3.63, 3.8) is 0 Å². The molecule has 28 heavy (non-hydrogen) atoms. The lowest BCUT2D eigenvalue weighted by molar-refractivity contribution is -0.119. The highest BCUT2D eigenvalue weighted by Gasteiger charge is 2.22. The third-order valence-corrected chi connectivity index (χ3v) is 5.83. The Morgan fingerprint density at radius 1 is 1.04 bits per heavy atom. The van der Waals surface area contributed by atoms with Gasteiger partial charge in [0.2, 0.25) is 15.9 Å². The van der Waals surface area contributed by atoms with E-state index in [1.807, 2.05) is 52.0 Å². The van der Waals surface area contributed by atoms with Gasteiger partial charge >= 0.3 is 0 Å². The molecule has 1 N–H and O–H groups in total. The first-order valence-electron chi connectivity index (χ1n) is 9.10. The van der Waals surface area contributed by atoms with Crippen LogP contribution in [-0.2, 0) is 14.8 Å². The van der Waals surface area contributed by atoms with Gasteiger partial charge in [-0.1, -0.05) is 18.2 Å². The molecule has 0 aliphatic carbocycles. The molecule has 0 radical (unpaired) electrons. The molecule has 6 nitrogen and oxygen atoms in total. The van der Waals surface area contributed by atoms with Crippen molar-refractivity contribution in [2.45, 2.75) is 27.7 Å². The maximum absolute atomic E-state index is 12.3. The fraction of sp³-hybridized carbons (Fsp3) is 0.381. The number of nitrogens with zero attached hydrogens (tertiary/aromatic N) is 1. The number of hydrogen-bond acceptors (Lipinski definition) is 4. The fourth-order valence-corrected chi connectivity index (χ4v) is 3.64. The Morgan fingerprint density at radius 3 is 2.39 bits per heavy atom. The number of benzene rings is 2. The van der Waals surface area contributed by atoms with Crippen LogP contribution >= 0.6 is 0 Å². The van der Waals surface area contributed by atoms with Crippen LogP contribution in [-0.4, -0.2) is 40.3 Å². The molecule has 0 saturated carbocycles. The first-order valence-corrected chi connectivity index (χ1v) is 10.9. The number of nitrogens with one attached hydrogen (secondary N) is 1. The van der Waals surface area contributed by atoms with E-state index in [0.717, 1.165) is 33.0 Å². The smallest absolute Gasteiger partial charge is 0.240 e. The Bertz CT molecular complexity index is 955. The Hall–Kier alpha value is -2.54. The normalized spacial score (nSPS) is 11.2. The summed E-state index contributed by atoms with van der Waals surface area (Å²) in [6.07, 6.45) is 1.10. The summed E-state index contributed by atoms with van der Waals surface area (Å²) in [6, 6.07) is 11.2. The minimum Gasteiger partial charge on any atom is -0.492 e. The predicted octanol–water partition coefficient (Wildman–Crippen LogP) is 2.88. The summed E-state index contributed by atoms with van der Waals surface area (Å²) in [4.78, 5) is 12.3.